The highest BCUT2D eigenvalue weighted by molar-refractivity contribution is 6.11. The van der Waals surface area contributed by atoms with Crippen LogP contribution in [0.1, 0.15) is 27.4 Å². The summed E-state index contributed by atoms with van der Waals surface area (Å²) in [7, 11) is 1.75. The molecule has 0 N–H and O–H groups in total. The summed E-state index contributed by atoms with van der Waals surface area (Å²) in [6.45, 7) is 3.56. The van der Waals surface area contributed by atoms with Gasteiger partial charge in [0.1, 0.15) is 11.4 Å². The first-order chi connectivity index (χ1) is 9.47. The molecule has 0 aliphatic rings. The largest absolute Gasteiger partial charge is 0.452 e. The van der Waals surface area contributed by atoms with Crippen molar-refractivity contribution in [2.75, 3.05) is 0 Å². The first-order valence-corrected chi connectivity index (χ1v) is 6.21. The molecular weight excluding hydrogens is 259 g/mol. The zero-order valence-electron chi connectivity index (χ0n) is 11.4. The number of halogens is 1. The lowest BCUT2D eigenvalue weighted by atomic mass is 10.1. The van der Waals surface area contributed by atoms with E-state index in [0.717, 1.165) is 5.39 Å². The van der Waals surface area contributed by atoms with Gasteiger partial charge in [-0.05, 0) is 26.0 Å². The molecule has 0 spiro atoms. The summed E-state index contributed by atoms with van der Waals surface area (Å²) in [5.41, 5.74) is 2.24. The Labute approximate surface area is 114 Å². The smallest absolute Gasteiger partial charge is 0.231 e. The minimum atomic E-state index is -0.386. The lowest BCUT2D eigenvalue weighted by Gasteiger charge is -1.96. The normalized spacial score (nSPS) is 11.2. The van der Waals surface area contributed by atoms with E-state index in [4.69, 9.17) is 4.42 Å². The van der Waals surface area contributed by atoms with Gasteiger partial charge in [0.25, 0.3) is 0 Å². The molecule has 0 aliphatic heterocycles. The molecule has 5 heteroatoms. The Morgan fingerprint density at radius 2 is 2.10 bits per heavy atom. The van der Waals surface area contributed by atoms with Gasteiger partial charge < -0.3 is 4.42 Å². The maximum Gasteiger partial charge on any atom is 0.231 e. The monoisotopic (exact) mass is 272 g/mol. The van der Waals surface area contributed by atoms with Crippen LogP contribution in [-0.4, -0.2) is 15.6 Å². The number of furan rings is 1. The Morgan fingerprint density at radius 3 is 2.75 bits per heavy atom. The van der Waals surface area contributed by atoms with Crippen LogP contribution in [0.3, 0.4) is 0 Å². The van der Waals surface area contributed by atoms with E-state index in [1.54, 1.807) is 37.8 Å². The van der Waals surface area contributed by atoms with Crippen LogP contribution in [0, 0.1) is 19.7 Å². The summed E-state index contributed by atoms with van der Waals surface area (Å²) in [6.07, 6.45) is 1.66. The lowest BCUT2D eigenvalue weighted by molar-refractivity contribution is 0.101. The molecule has 102 valence electrons. The Morgan fingerprint density at radius 1 is 1.35 bits per heavy atom. The molecule has 0 saturated heterocycles. The average Bonchev–Trinajstić information content (AvgIpc) is 2.89. The predicted molar refractivity (Wildman–Crippen MR) is 72.3 cm³/mol. The fourth-order valence-corrected chi connectivity index (χ4v) is 2.36. The number of hydrogen-bond donors (Lipinski definition) is 0. The molecule has 0 amide bonds. The van der Waals surface area contributed by atoms with E-state index in [1.807, 2.05) is 0 Å². The third-order valence-electron chi connectivity index (χ3n) is 3.36. The molecular formula is C15H13FN2O2. The van der Waals surface area contributed by atoms with E-state index in [0.29, 0.717) is 22.4 Å². The van der Waals surface area contributed by atoms with Crippen LogP contribution in [0.4, 0.5) is 4.39 Å². The van der Waals surface area contributed by atoms with Crippen molar-refractivity contribution in [3.8, 4) is 0 Å². The number of nitrogens with zero attached hydrogens (tertiary/aromatic N) is 2. The van der Waals surface area contributed by atoms with Gasteiger partial charge >= 0.3 is 0 Å². The van der Waals surface area contributed by atoms with Gasteiger partial charge in [0.2, 0.25) is 5.78 Å². The summed E-state index contributed by atoms with van der Waals surface area (Å²) in [6, 6.07) is 4.26. The molecule has 1 aromatic carbocycles. The molecule has 0 atom stereocenters. The summed E-state index contributed by atoms with van der Waals surface area (Å²) < 4.78 is 20.3. The van der Waals surface area contributed by atoms with Crippen LogP contribution in [0.15, 0.2) is 28.8 Å². The number of fused-ring (bicyclic) bond motifs is 1. The molecule has 2 heterocycles. The zero-order chi connectivity index (χ0) is 14.4. The Kier molecular flexibility index (Phi) is 2.71. The highest BCUT2D eigenvalue weighted by Gasteiger charge is 2.22. The quantitative estimate of drug-likeness (QED) is 0.673. The SMILES string of the molecule is Cc1nn(C)cc1C(=O)c1oc2cc(F)ccc2c1C. The number of rotatable bonds is 2. The minimum absolute atomic E-state index is 0.232. The van der Waals surface area contributed by atoms with Crippen molar-refractivity contribution in [1.29, 1.82) is 0 Å². The van der Waals surface area contributed by atoms with Gasteiger partial charge in [0.15, 0.2) is 5.76 Å². The van der Waals surface area contributed by atoms with Crippen molar-refractivity contribution in [2.24, 2.45) is 7.05 Å². The molecule has 4 nitrogen and oxygen atoms in total. The van der Waals surface area contributed by atoms with Crippen molar-refractivity contribution < 1.29 is 13.6 Å². The van der Waals surface area contributed by atoms with Crippen LogP contribution < -0.4 is 0 Å². The fraction of sp³-hybridized carbons (Fsp3) is 0.200. The van der Waals surface area contributed by atoms with E-state index >= 15 is 0 Å². The van der Waals surface area contributed by atoms with Crippen LogP contribution in [0.5, 0.6) is 0 Å². The molecule has 3 aromatic rings. The van der Waals surface area contributed by atoms with Gasteiger partial charge in [0, 0.05) is 30.3 Å². The van der Waals surface area contributed by atoms with Gasteiger partial charge in [-0.1, -0.05) is 0 Å². The van der Waals surface area contributed by atoms with Crippen molar-refractivity contribution in [2.45, 2.75) is 13.8 Å². The van der Waals surface area contributed by atoms with Gasteiger partial charge in [-0.25, -0.2) is 4.39 Å². The van der Waals surface area contributed by atoms with E-state index in [9.17, 15) is 9.18 Å². The third kappa shape index (κ3) is 1.82. The van der Waals surface area contributed by atoms with Crippen LogP contribution in [0.2, 0.25) is 0 Å². The molecule has 0 saturated carbocycles. The number of hydrogen-bond acceptors (Lipinski definition) is 3. The second-order valence-corrected chi connectivity index (χ2v) is 4.83. The van der Waals surface area contributed by atoms with E-state index in [1.165, 1.54) is 12.1 Å². The molecule has 2 aromatic heterocycles. The highest BCUT2D eigenvalue weighted by Crippen LogP contribution is 2.28. The number of aryl methyl sites for hydroxylation is 3. The maximum atomic E-state index is 13.2. The van der Waals surface area contributed by atoms with Gasteiger partial charge in [-0.15, -0.1) is 0 Å². The number of ketones is 1. The highest BCUT2D eigenvalue weighted by atomic mass is 19.1. The Bertz CT molecular complexity index is 830. The van der Waals surface area contributed by atoms with Crippen molar-refractivity contribution in [1.82, 2.24) is 9.78 Å². The first-order valence-electron chi connectivity index (χ1n) is 6.21. The van der Waals surface area contributed by atoms with Crippen LogP contribution in [-0.2, 0) is 7.05 Å². The average molecular weight is 272 g/mol. The van der Waals surface area contributed by atoms with Crippen molar-refractivity contribution >= 4 is 16.8 Å². The molecule has 20 heavy (non-hydrogen) atoms. The molecule has 0 aliphatic carbocycles. The van der Waals surface area contributed by atoms with Gasteiger partial charge in [-0.3, -0.25) is 9.48 Å². The van der Waals surface area contributed by atoms with E-state index in [-0.39, 0.29) is 17.4 Å². The molecule has 0 radical (unpaired) electrons. The van der Waals surface area contributed by atoms with Crippen molar-refractivity contribution in [3.05, 3.63) is 52.8 Å². The van der Waals surface area contributed by atoms with Gasteiger partial charge in [-0.2, -0.15) is 5.10 Å². The standard InChI is InChI=1S/C15H13FN2O2/c1-8-11-5-4-10(16)6-13(11)20-15(8)14(19)12-7-18(3)17-9(12)2/h4-7H,1-3H3. The maximum absolute atomic E-state index is 13.2. The van der Waals surface area contributed by atoms with E-state index in [2.05, 4.69) is 5.10 Å². The number of carbonyl (C=O) groups excluding carboxylic acids is 1. The topological polar surface area (TPSA) is 48.0 Å². The van der Waals surface area contributed by atoms with E-state index < -0.39 is 0 Å². The minimum Gasteiger partial charge on any atom is -0.452 e. The Hall–Kier alpha value is -2.43. The number of benzene rings is 1. The Balaban J connectivity index is 2.17. The van der Waals surface area contributed by atoms with Crippen molar-refractivity contribution in [3.63, 3.8) is 0 Å². The molecule has 0 bridgehead atoms. The first kappa shape index (κ1) is 12.6. The second kappa shape index (κ2) is 4.30. The second-order valence-electron chi connectivity index (χ2n) is 4.83. The summed E-state index contributed by atoms with van der Waals surface area (Å²) >= 11 is 0. The van der Waals surface area contributed by atoms with Crippen LogP contribution >= 0.6 is 0 Å². The lowest BCUT2D eigenvalue weighted by Crippen LogP contribution is -2.02. The van der Waals surface area contributed by atoms with Gasteiger partial charge in [0.05, 0.1) is 11.3 Å². The summed E-state index contributed by atoms with van der Waals surface area (Å²) in [4.78, 5) is 12.5. The molecule has 3 rings (SSSR count). The zero-order valence-corrected chi connectivity index (χ0v) is 11.4. The summed E-state index contributed by atoms with van der Waals surface area (Å²) in [5.74, 6) is -0.380. The summed E-state index contributed by atoms with van der Waals surface area (Å²) in [5, 5.41) is 4.90. The predicted octanol–water partition coefficient (Wildman–Crippen LogP) is 3.15. The number of carbonyl (C=O) groups is 1. The third-order valence-corrected chi connectivity index (χ3v) is 3.36. The fourth-order valence-electron chi connectivity index (χ4n) is 2.36. The molecule has 0 fully saturated rings. The van der Waals surface area contributed by atoms with Crippen LogP contribution in [0.25, 0.3) is 11.0 Å². The number of aromatic nitrogens is 2. The molecule has 0 unspecified atom stereocenters.